The van der Waals surface area contributed by atoms with Crippen molar-refractivity contribution in [2.75, 3.05) is 17.1 Å². The fraction of sp³-hybridized carbons (Fsp3) is 0.357. The van der Waals surface area contributed by atoms with E-state index in [0.717, 1.165) is 29.5 Å². The van der Waals surface area contributed by atoms with E-state index in [9.17, 15) is 27.2 Å². The second-order valence-electron chi connectivity index (χ2n) is 9.09. The average molecular weight is 612 g/mol. The number of alkyl halides is 3. The third-order valence-electron chi connectivity index (χ3n) is 5.95. The number of aromatic nitrogens is 1. The van der Waals surface area contributed by atoms with E-state index in [0.29, 0.717) is 5.56 Å². The Morgan fingerprint density at radius 1 is 1.07 bits per heavy atom. The molecule has 4 N–H and O–H groups in total. The van der Waals surface area contributed by atoms with E-state index in [1.807, 2.05) is 13.8 Å². The van der Waals surface area contributed by atoms with Crippen molar-refractivity contribution in [3.8, 4) is 17.2 Å². The van der Waals surface area contributed by atoms with Crippen LogP contribution in [0.4, 0.5) is 34.8 Å². The van der Waals surface area contributed by atoms with Gasteiger partial charge in [-0.05, 0) is 63.6 Å². The number of carbonyl (C=O) groups excluding carboxylic acids is 1. The van der Waals surface area contributed by atoms with Crippen LogP contribution in [0, 0.1) is 19.7 Å². The molecule has 0 unspecified atom stereocenters. The maximum atomic E-state index is 14.8. The standard InChI is InChI=1S/C26H27F4N5O4S.C2H6/c1-13-8-11-17(16(27)12-13)33-23-20(24(36)32-15-9-10-15)21(14(2)25(37)35(23)4)38-19-7-5-6-18(34-40-31-3)22(19)39-26(28,29)30;1-2/h5-8,11-12,15,31,33-34H,9-10H2,1-4H3,(H,32,36);1-2H3. The molecule has 1 aliphatic carbocycles. The van der Waals surface area contributed by atoms with Crippen LogP contribution in [-0.4, -0.2) is 29.9 Å². The number of pyridine rings is 1. The normalized spacial score (nSPS) is 12.6. The lowest BCUT2D eigenvalue weighted by Gasteiger charge is -2.23. The number of anilines is 3. The molecule has 1 fully saturated rings. The summed E-state index contributed by atoms with van der Waals surface area (Å²) in [6.45, 7) is 7.08. The molecule has 42 heavy (non-hydrogen) atoms. The van der Waals surface area contributed by atoms with Crippen molar-refractivity contribution >= 4 is 35.2 Å². The minimum absolute atomic E-state index is 0.0211. The first-order valence-corrected chi connectivity index (χ1v) is 13.9. The van der Waals surface area contributed by atoms with Crippen LogP contribution in [0.1, 0.15) is 48.2 Å². The highest BCUT2D eigenvalue weighted by Crippen LogP contribution is 2.44. The summed E-state index contributed by atoms with van der Waals surface area (Å²) in [4.78, 5) is 26.8. The lowest BCUT2D eigenvalue weighted by Crippen LogP contribution is -2.31. The van der Waals surface area contributed by atoms with Crippen molar-refractivity contribution < 1.29 is 31.8 Å². The van der Waals surface area contributed by atoms with Gasteiger partial charge < -0.3 is 24.8 Å². The number of nitrogens with zero attached hydrogens (tertiary/aromatic N) is 1. The molecule has 9 nitrogen and oxygen atoms in total. The number of rotatable bonds is 10. The summed E-state index contributed by atoms with van der Waals surface area (Å²) >= 11 is 0.886. The van der Waals surface area contributed by atoms with Crippen molar-refractivity contribution in [1.29, 1.82) is 0 Å². The van der Waals surface area contributed by atoms with Crippen LogP contribution in [0.3, 0.4) is 0 Å². The summed E-state index contributed by atoms with van der Waals surface area (Å²) in [5, 5.41) is 5.62. The van der Waals surface area contributed by atoms with E-state index in [1.54, 1.807) is 20.0 Å². The first-order valence-electron chi connectivity index (χ1n) is 13.1. The largest absolute Gasteiger partial charge is 0.573 e. The van der Waals surface area contributed by atoms with Crippen LogP contribution in [0.25, 0.3) is 0 Å². The molecule has 0 bridgehead atoms. The number of para-hydroxylation sites is 1. The number of aryl methyl sites for hydroxylation is 1. The van der Waals surface area contributed by atoms with Crippen LogP contribution in [0.2, 0.25) is 0 Å². The molecule has 1 aromatic heterocycles. The van der Waals surface area contributed by atoms with E-state index in [-0.39, 0.29) is 40.1 Å². The fourth-order valence-electron chi connectivity index (χ4n) is 3.85. The number of ether oxygens (including phenoxy) is 2. The van der Waals surface area contributed by atoms with Gasteiger partial charge in [0.25, 0.3) is 11.5 Å². The van der Waals surface area contributed by atoms with Gasteiger partial charge in [0.2, 0.25) is 0 Å². The Bertz CT molecular complexity index is 1490. The number of hydrogen-bond acceptors (Lipinski definition) is 8. The highest BCUT2D eigenvalue weighted by atomic mass is 32.2. The second-order valence-corrected chi connectivity index (χ2v) is 9.91. The first-order chi connectivity index (χ1) is 19.9. The third kappa shape index (κ3) is 7.88. The minimum atomic E-state index is -5.08. The number of carbonyl (C=O) groups is 1. The SMILES string of the molecule is CC.CNSNc1cccc(Oc2c(C(=O)NC3CC3)c(Nc3ccc(C)cc3F)n(C)c(=O)c2C)c1OC(F)(F)F. The zero-order valence-corrected chi connectivity index (χ0v) is 24.8. The molecule has 0 radical (unpaired) electrons. The molecule has 0 saturated heterocycles. The van der Waals surface area contributed by atoms with Gasteiger partial charge in [0.15, 0.2) is 17.2 Å². The number of benzene rings is 2. The quantitative estimate of drug-likeness (QED) is 0.149. The van der Waals surface area contributed by atoms with Crippen LogP contribution in [0.5, 0.6) is 17.2 Å². The molecule has 2 aromatic carbocycles. The summed E-state index contributed by atoms with van der Waals surface area (Å²) in [5.74, 6) is -2.82. The molecule has 1 saturated carbocycles. The van der Waals surface area contributed by atoms with Gasteiger partial charge in [-0.25, -0.2) is 9.11 Å². The topological polar surface area (TPSA) is 106 Å². The van der Waals surface area contributed by atoms with Gasteiger partial charge >= 0.3 is 6.36 Å². The van der Waals surface area contributed by atoms with E-state index < -0.39 is 35.1 Å². The first kappa shape index (κ1) is 32.6. The van der Waals surface area contributed by atoms with Crippen molar-refractivity contribution in [1.82, 2.24) is 14.6 Å². The van der Waals surface area contributed by atoms with Crippen LogP contribution in [-0.2, 0) is 7.05 Å². The Morgan fingerprint density at radius 3 is 2.36 bits per heavy atom. The lowest BCUT2D eigenvalue weighted by atomic mass is 10.1. The molecular weight excluding hydrogens is 578 g/mol. The van der Waals surface area contributed by atoms with Gasteiger partial charge in [-0.2, -0.15) is 0 Å². The predicted octanol–water partition coefficient (Wildman–Crippen LogP) is 6.69. The molecule has 14 heteroatoms. The Labute approximate surface area is 245 Å². The van der Waals surface area contributed by atoms with Crippen LogP contribution in [0.15, 0.2) is 41.2 Å². The molecule has 3 aromatic rings. The lowest BCUT2D eigenvalue weighted by molar-refractivity contribution is -0.274. The molecule has 228 valence electrons. The average Bonchev–Trinajstić information content (AvgIpc) is 3.75. The van der Waals surface area contributed by atoms with E-state index in [1.165, 1.54) is 44.3 Å². The molecular formula is C28H33F4N5O4S. The Kier molecular flexibility index (Phi) is 10.7. The van der Waals surface area contributed by atoms with Crippen molar-refractivity contribution in [3.63, 3.8) is 0 Å². The molecule has 1 heterocycles. The zero-order valence-electron chi connectivity index (χ0n) is 24.0. The number of nitrogens with one attached hydrogen (secondary N) is 4. The Hall–Kier alpha value is -3.91. The molecule has 1 aliphatic rings. The van der Waals surface area contributed by atoms with Gasteiger partial charge in [-0.1, -0.05) is 26.0 Å². The van der Waals surface area contributed by atoms with E-state index in [4.69, 9.17) is 4.74 Å². The number of hydrogen-bond donors (Lipinski definition) is 4. The summed E-state index contributed by atoms with van der Waals surface area (Å²) < 4.78 is 71.7. The van der Waals surface area contributed by atoms with Crippen LogP contribution >= 0.6 is 12.1 Å². The van der Waals surface area contributed by atoms with Gasteiger partial charge in [0.05, 0.1) is 16.9 Å². The molecule has 4 rings (SSSR count). The van der Waals surface area contributed by atoms with Gasteiger partial charge in [-0.15, -0.1) is 13.2 Å². The summed E-state index contributed by atoms with van der Waals surface area (Å²) in [6, 6.07) is 8.21. The summed E-state index contributed by atoms with van der Waals surface area (Å²) in [5.41, 5.74) is -0.316. The Morgan fingerprint density at radius 2 is 1.76 bits per heavy atom. The minimum Gasteiger partial charge on any atom is -0.452 e. The van der Waals surface area contributed by atoms with Crippen molar-refractivity contribution in [2.24, 2.45) is 7.05 Å². The predicted molar refractivity (Wildman–Crippen MR) is 156 cm³/mol. The second kappa shape index (κ2) is 13.8. The van der Waals surface area contributed by atoms with Gasteiger partial charge in [0, 0.05) is 25.2 Å². The maximum absolute atomic E-state index is 14.8. The van der Waals surface area contributed by atoms with E-state index >= 15 is 0 Å². The molecule has 1 amide bonds. The smallest absolute Gasteiger partial charge is 0.452 e. The highest BCUT2D eigenvalue weighted by Gasteiger charge is 2.35. The zero-order chi connectivity index (χ0) is 31.2. The molecule has 0 aliphatic heterocycles. The number of halogens is 4. The molecule has 0 spiro atoms. The highest BCUT2D eigenvalue weighted by molar-refractivity contribution is 7.98. The Balaban J connectivity index is 0.00000237. The maximum Gasteiger partial charge on any atom is 0.573 e. The number of amides is 1. The monoisotopic (exact) mass is 611 g/mol. The fourth-order valence-corrected chi connectivity index (χ4v) is 4.22. The van der Waals surface area contributed by atoms with E-state index in [2.05, 4.69) is 24.8 Å². The van der Waals surface area contributed by atoms with Crippen LogP contribution < -0.4 is 35.1 Å². The van der Waals surface area contributed by atoms with Gasteiger partial charge in [-0.3, -0.25) is 14.2 Å². The van der Waals surface area contributed by atoms with Crippen molar-refractivity contribution in [2.45, 2.75) is 52.9 Å². The van der Waals surface area contributed by atoms with Crippen molar-refractivity contribution in [3.05, 3.63) is 69.3 Å². The molecule has 0 atom stereocenters. The van der Waals surface area contributed by atoms with Gasteiger partial charge in [0.1, 0.15) is 17.2 Å². The summed E-state index contributed by atoms with van der Waals surface area (Å²) in [6.07, 6.45) is -3.60. The third-order valence-corrected chi connectivity index (χ3v) is 6.48. The summed E-state index contributed by atoms with van der Waals surface area (Å²) in [7, 11) is 2.95.